The molecule has 1 atom stereocenters. The fourth-order valence-corrected chi connectivity index (χ4v) is 1.08. The number of hydrogen-bond acceptors (Lipinski definition) is 1. The van der Waals surface area contributed by atoms with E-state index in [0.717, 1.165) is 5.57 Å². The van der Waals surface area contributed by atoms with Crippen LogP contribution in [0.4, 0.5) is 4.39 Å². The first-order valence-electron chi connectivity index (χ1n) is 4.09. The van der Waals surface area contributed by atoms with Gasteiger partial charge in [-0.05, 0) is 18.1 Å². The molecule has 0 heterocycles. The summed E-state index contributed by atoms with van der Waals surface area (Å²) in [4.78, 5) is 0. The minimum Gasteiger partial charge on any atom is -0.396 e. The van der Waals surface area contributed by atoms with E-state index >= 15 is 0 Å². The normalized spacial score (nSPS) is 23.1. The molecule has 0 amide bonds. The Morgan fingerprint density at radius 3 is 3.00 bits per heavy atom. The van der Waals surface area contributed by atoms with Gasteiger partial charge in [-0.2, -0.15) is 0 Å². The summed E-state index contributed by atoms with van der Waals surface area (Å²) in [5.74, 6) is -0.277. The first kappa shape index (κ1) is 9.20. The molecule has 1 nitrogen and oxygen atoms in total. The second kappa shape index (κ2) is 4.21. The maximum absolute atomic E-state index is 13.1. The molecule has 66 valence electrons. The molecule has 1 unspecified atom stereocenters. The maximum Gasteiger partial charge on any atom is 0.107 e. The lowest BCUT2D eigenvalue weighted by Crippen LogP contribution is -1.90. The van der Waals surface area contributed by atoms with Crippen LogP contribution in [0.25, 0.3) is 0 Å². The Morgan fingerprint density at radius 1 is 1.58 bits per heavy atom. The highest BCUT2D eigenvalue weighted by Gasteiger charge is 2.07. The fourth-order valence-electron chi connectivity index (χ4n) is 1.08. The van der Waals surface area contributed by atoms with Crippen LogP contribution in [-0.2, 0) is 0 Å². The van der Waals surface area contributed by atoms with Crippen molar-refractivity contribution >= 4 is 0 Å². The molecule has 0 aromatic carbocycles. The summed E-state index contributed by atoms with van der Waals surface area (Å²) in [6.07, 6.45) is 7.49. The molecule has 12 heavy (non-hydrogen) atoms. The minimum absolute atomic E-state index is 0.0673. The summed E-state index contributed by atoms with van der Waals surface area (Å²) in [6.45, 7) is 1.87. The van der Waals surface area contributed by atoms with E-state index < -0.39 is 0 Å². The van der Waals surface area contributed by atoms with Gasteiger partial charge in [-0.15, -0.1) is 0 Å². The lowest BCUT2D eigenvalue weighted by atomic mass is 10.1. The maximum atomic E-state index is 13.1. The van der Waals surface area contributed by atoms with Crippen LogP contribution in [0.1, 0.15) is 13.3 Å². The standard InChI is InChI=1S/C10H13FO/c1-8-3-2-4-9(5-6-12)7-10(8)11/h2-4,7-8,12H,5-6H2,1H3. The SMILES string of the molecule is CC1C=CC=C(CCO)C=C1F. The molecule has 0 aromatic heterocycles. The van der Waals surface area contributed by atoms with Crippen LogP contribution in [0, 0.1) is 5.92 Å². The van der Waals surface area contributed by atoms with Crippen molar-refractivity contribution in [2.75, 3.05) is 6.61 Å². The number of allylic oxidation sites excluding steroid dienone is 5. The van der Waals surface area contributed by atoms with Gasteiger partial charge < -0.3 is 5.11 Å². The second-order valence-corrected chi connectivity index (χ2v) is 2.92. The third kappa shape index (κ3) is 2.31. The molecular weight excluding hydrogens is 155 g/mol. The molecule has 0 aromatic rings. The van der Waals surface area contributed by atoms with Gasteiger partial charge >= 0.3 is 0 Å². The van der Waals surface area contributed by atoms with Crippen LogP contribution in [0.2, 0.25) is 0 Å². The zero-order valence-corrected chi connectivity index (χ0v) is 7.13. The van der Waals surface area contributed by atoms with Crippen molar-refractivity contribution in [3.8, 4) is 0 Å². The topological polar surface area (TPSA) is 20.2 Å². The van der Waals surface area contributed by atoms with Crippen LogP contribution >= 0.6 is 0 Å². The number of rotatable bonds is 2. The highest BCUT2D eigenvalue weighted by atomic mass is 19.1. The Labute approximate surface area is 71.9 Å². The van der Waals surface area contributed by atoms with Gasteiger partial charge in [0.05, 0.1) is 0 Å². The van der Waals surface area contributed by atoms with Crippen molar-refractivity contribution in [3.63, 3.8) is 0 Å². The van der Waals surface area contributed by atoms with Gasteiger partial charge in [-0.1, -0.05) is 25.2 Å². The Bertz CT molecular complexity index is 238. The van der Waals surface area contributed by atoms with Crippen LogP contribution in [0.15, 0.2) is 35.7 Å². The predicted molar refractivity (Wildman–Crippen MR) is 47.3 cm³/mol. The zero-order chi connectivity index (χ0) is 8.97. The lowest BCUT2D eigenvalue weighted by molar-refractivity contribution is 0.300. The van der Waals surface area contributed by atoms with Crippen molar-refractivity contribution < 1.29 is 9.50 Å². The molecule has 0 fully saturated rings. The Kier molecular flexibility index (Phi) is 3.23. The smallest absolute Gasteiger partial charge is 0.107 e. The van der Waals surface area contributed by atoms with E-state index in [2.05, 4.69) is 0 Å². The Hall–Kier alpha value is -0.890. The zero-order valence-electron chi connectivity index (χ0n) is 7.13. The number of aliphatic hydroxyl groups is 1. The second-order valence-electron chi connectivity index (χ2n) is 2.92. The van der Waals surface area contributed by atoms with Crippen LogP contribution in [0.3, 0.4) is 0 Å². The lowest BCUT2D eigenvalue weighted by Gasteiger charge is -2.00. The summed E-state index contributed by atoms with van der Waals surface area (Å²) in [5, 5.41) is 8.65. The van der Waals surface area contributed by atoms with Crippen LogP contribution in [-0.4, -0.2) is 11.7 Å². The molecule has 0 saturated carbocycles. The average molecular weight is 168 g/mol. The first-order valence-corrected chi connectivity index (χ1v) is 4.09. The predicted octanol–water partition coefficient (Wildman–Crippen LogP) is 2.35. The summed E-state index contributed by atoms with van der Waals surface area (Å²) in [7, 11) is 0. The number of hydrogen-bond donors (Lipinski definition) is 1. The molecule has 0 bridgehead atoms. The summed E-state index contributed by atoms with van der Waals surface area (Å²) in [5.41, 5.74) is 0.843. The van der Waals surface area contributed by atoms with E-state index in [4.69, 9.17) is 5.11 Å². The molecule has 0 saturated heterocycles. The van der Waals surface area contributed by atoms with E-state index in [9.17, 15) is 4.39 Å². The van der Waals surface area contributed by atoms with Crippen molar-refractivity contribution in [2.24, 2.45) is 5.92 Å². The van der Waals surface area contributed by atoms with Crippen LogP contribution < -0.4 is 0 Å². The van der Waals surface area contributed by atoms with Gasteiger partial charge in [-0.25, -0.2) is 4.39 Å². The average Bonchev–Trinajstić information content (AvgIpc) is 2.16. The quantitative estimate of drug-likeness (QED) is 0.671. The van der Waals surface area contributed by atoms with Gasteiger partial charge in [-0.3, -0.25) is 0 Å². The van der Waals surface area contributed by atoms with E-state index in [0.29, 0.717) is 6.42 Å². The monoisotopic (exact) mass is 168 g/mol. The molecule has 1 N–H and O–H groups in total. The van der Waals surface area contributed by atoms with E-state index in [1.165, 1.54) is 6.08 Å². The molecule has 1 aliphatic carbocycles. The highest BCUT2D eigenvalue weighted by molar-refractivity contribution is 5.30. The van der Waals surface area contributed by atoms with E-state index in [1.54, 1.807) is 13.0 Å². The van der Waals surface area contributed by atoms with Crippen molar-refractivity contribution in [1.82, 2.24) is 0 Å². The molecule has 0 radical (unpaired) electrons. The van der Waals surface area contributed by atoms with Crippen LogP contribution in [0.5, 0.6) is 0 Å². The molecular formula is C10H13FO. The third-order valence-corrected chi connectivity index (χ3v) is 1.87. The molecule has 0 aliphatic heterocycles. The van der Waals surface area contributed by atoms with Gasteiger partial charge in [0.15, 0.2) is 0 Å². The first-order chi connectivity index (χ1) is 5.74. The molecule has 1 aliphatic rings. The van der Waals surface area contributed by atoms with E-state index in [1.807, 2.05) is 12.2 Å². The minimum atomic E-state index is -0.141. The van der Waals surface area contributed by atoms with Crippen molar-refractivity contribution in [1.29, 1.82) is 0 Å². The third-order valence-electron chi connectivity index (χ3n) is 1.87. The molecule has 0 spiro atoms. The summed E-state index contributed by atoms with van der Waals surface area (Å²) >= 11 is 0. The number of halogens is 1. The molecule has 2 heteroatoms. The highest BCUT2D eigenvalue weighted by Crippen LogP contribution is 2.20. The largest absolute Gasteiger partial charge is 0.396 e. The summed E-state index contributed by atoms with van der Waals surface area (Å²) in [6, 6.07) is 0. The van der Waals surface area contributed by atoms with Gasteiger partial charge in [0.2, 0.25) is 0 Å². The van der Waals surface area contributed by atoms with Gasteiger partial charge in [0.1, 0.15) is 5.83 Å². The van der Waals surface area contributed by atoms with Crippen molar-refractivity contribution in [3.05, 3.63) is 35.7 Å². The van der Waals surface area contributed by atoms with Gasteiger partial charge in [0.25, 0.3) is 0 Å². The number of aliphatic hydroxyl groups excluding tert-OH is 1. The Morgan fingerprint density at radius 2 is 2.33 bits per heavy atom. The van der Waals surface area contributed by atoms with E-state index in [-0.39, 0.29) is 18.4 Å². The molecule has 1 rings (SSSR count). The Balaban J connectivity index is 2.77. The summed E-state index contributed by atoms with van der Waals surface area (Å²) < 4.78 is 13.1. The van der Waals surface area contributed by atoms with Crippen molar-refractivity contribution in [2.45, 2.75) is 13.3 Å². The van der Waals surface area contributed by atoms with Gasteiger partial charge in [0, 0.05) is 12.5 Å². The fraction of sp³-hybridized carbons (Fsp3) is 0.400.